The molecule has 0 aromatic heterocycles. The molecule has 0 radical (unpaired) electrons. The minimum atomic E-state index is -1.12. The molecule has 1 aliphatic rings. The third-order valence-electron chi connectivity index (χ3n) is 2.83. The van der Waals surface area contributed by atoms with Gasteiger partial charge in [0.25, 0.3) is 0 Å². The molecule has 1 fully saturated rings. The van der Waals surface area contributed by atoms with Crippen molar-refractivity contribution in [2.75, 3.05) is 6.61 Å². The first-order chi connectivity index (χ1) is 6.79. The van der Waals surface area contributed by atoms with E-state index in [0.717, 1.165) is 0 Å². The fraction of sp³-hybridized carbons (Fsp3) is 1.00. The Morgan fingerprint density at radius 1 is 1.20 bits per heavy atom. The van der Waals surface area contributed by atoms with Gasteiger partial charge in [-0.15, -0.1) is 0 Å². The van der Waals surface area contributed by atoms with Crippen molar-refractivity contribution in [2.24, 2.45) is 11.1 Å². The van der Waals surface area contributed by atoms with Gasteiger partial charge in [0, 0.05) is 0 Å². The maximum absolute atomic E-state index is 9.72. The van der Waals surface area contributed by atoms with Gasteiger partial charge in [0.15, 0.2) is 0 Å². The van der Waals surface area contributed by atoms with Crippen LogP contribution in [0.15, 0.2) is 0 Å². The van der Waals surface area contributed by atoms with Gasteiger partial charge in [0.1, 0.15) is 18.3 Å². The Hall–Kier alpha value is -0.200. The number of hydrogen-bond donors (Lipinski definition) is 4. The van der Waals surface area contributed by atoms with Gasteiger partial charge in [-0.05, 0) is 5.41 Å². The first kappa shape index (κ1) is 12.9. The number of nitrogens with two attached hydrogens (primary N) is 1. The van der Waals surface area contributed by atoms with Crippen molar-refractivity contribution in [2.45, 2.75) is 51.2 Å². The third-order valence-corrected chi connectivity index (χ3v) is 2.83. The minimum Gasteiger partial charge on any atom is -0.394 e. The molecule has 5 N–H and O–H groups in total. The monoisotopic (exact) mass is 219 g/mol. The summed E-state index contributed by atoms with van der Waals surface area (Å²) in [6.45, 7) is 5.50. The highest BCUT2D eigenvalue weighted by atomic mass is 16.5. The zero-order chi connectivity index (χ0) is 11.8. The van der Waals surface area contributed by atoms with E-state index in [4.69, 9.17) is 15.6 Å². The summed E-state index contributed by atoms with van der Waals surface area (Å²) in [7, 11) is 0. The predicted molar refractivity (Wildman–Crippen MR) is 55.2 cm³/mol. The first-order valence-corrected chi connectivity index (χ1v) is 5.17. The second-order valence-corrected chi connectivity index (χ2v) is 5.20. The van der Waals surface area contributed by atoms with Gasteiger partial charge in [-0.2, -0.15) is 0 Å². The quantitative estimate of drug-likeness (QED) is 0.446. The average molecular weight is 219 g/mol. The van der Waals surface area contributed by atoms with Crippen molar-refractivity contribution in [1.29, 1.82) is 0 Å². The van der Waals surface area contributed by atoms with Crippen LogP contribution < -0.4 is 5.73 Å². The average Bonchev–Trinajstić information content (AvgIpc) is 2.13. The van der Waals surface area contributed by atoms with Crippen LogP contribution in [0.4, 0.5) is 0 Å². The summed E-state index contributed by atoms with van der Waals surface area (Å²) in [6.07, 6.45) is -3.32. The number of ether oxygens (including phenoxy) is 1. The predicted octanol–water partition coefficient (Wildman–Crippen LogP) is -1.16. The van der Waals surface area contributed by atoms with Gasteiger partial charge in [-0.1, -0.05) is 20.8 Å². The van der Waals surface area contributed by atoms with E-state index < -0.39 is 24.4 Å². The van der Waals surface area contributed by atoms with Gasteiger partial charge in [0.2, 0.25) is 0 Å². The minimum absolute atomic E-state index is 0.242. The van der Waals surface area contributed by atoms with E-state index in [2.05, 4.69) is 0 Å². The summed E-state index contributed by atoms with van der Waals surface area (Å²) in [5, 5.41) is 28.3. The van der Waals surface area contributed by atoms with E-state index in [1.54, 1.807) is 0 Å². The molecule has 5 heteroatoms. The van der Waals surface area contributed by atoms with Crippen LogP contribution in [0.3, 0.4) is 0 Å². The van der Waals surface area contributed by atoms with Gasteiger partial charge in [-0.3, -0.25) is 0 Å². The summed E-state index contributed by atoms with van der Waals surface area (Å²) in [5.74, 6) is 0. The van der Waals surface area contributed by atoms with Crippen molar-refractivity contribution in [3.8, 4) is 0 Å². The molecule has 5 nitrogen and oxygen atoms in total. The number of rotatable bonds is 1. The molecule has 0 amide bonds. The Bertz CT molecular complexity index is 214. The molecule has 1 aliphatic heterocycles. The number of aliphatic hydroxyl groups excluding tert-OH is 3. The molecule has 1 heterocycles. The largest absolute Gasteiger partial charge is 0.394 e. The van der Waals surface area contributed by atoms with E-state index >= 15 is 0 Å². The fourth-order valence-corrected chi connectivity index (χ4v) is 1.92. The molecule has 15 heavy (non-hydrogen) atoms. The Morgan fingerprint density at radius 3 is 2.13 bits per heavy atom. The van der Waals surface area contributed by atoms with Gasteiger partial charge in [0.05, 0.1) is 18.8 Å². The second kappa shape index (κ2) is 4.35. The van der Waals surface area contributed by atoms with Crippen LogP contribution in [0.1, 0.15) is 20.8 Å². The van der Waals surface area contributed by atoms with E-state index in [1.165, 1.54) is 0 Å². The lowest BCUT2D eigenvalue weighted by Crippen LogP contribution is -2.64. The van der Waals surface area contributed by atoms with Gasteiger partial charge in [-0.25, -0.2) is 0 Å². The van der Waals surface area contributed by atoms with E-state index in [0.29, 0.717) is 0 Å². The van der Waals surface area contributed by atoms with Crippen LogP contribution in [0.25, 0.3) is 0 Å². The number of hydrogen-bond acceptors (Lipinski definition) is 5. The standard InChI is InChI=1S/C10H21NO4/c1-10(2,3)9-6(11)8(14)7(13)5(4-12)15-9/h5-9,12-14H,4,11H2,1-3H3/t5?,6?,7-,8-,9+/m1/s1. The fourth-order valence-electron chi connectivity index (χ4n) is 1.92. The zero-order valence-corrected chi connectivity index (χ0v) is 9.42. The van der Waals surface area contributed by atoms with Crippen LogP contribution in [0.5, 0.6) is 0 Å². The molecular formula is C10H21NO4. The third kappa shape index (κ3) is 2.49. The van der Waals surface area contributed by atoms with Crippen LogP contribution in [-0.2, 0) is 4.74 Å². The lowest BCUT2D eigenvalue weighted by atomic mass is 9.79. The lowest BCUT2D eigenvalue weighted by Gasteiger charge is -2.46. The number of aliphatic hydroxyl groups is 3. The molecule has 5 atom stereocenters. The highest BCUT2D eigenvalue weighted by molar-refractivity contribution is 4.98. The first-order valence-electron chi connectivity index (χ1n) is 5.17. The molecule has 90 valence electrons. The molecular weight excluding hydrogens is 198 g/mol. The topological polar surface area (TPSA) is 95.9 Å². The van der Waals surface area contributed by atoms with Crippen LogP contribution in [0, 0.1) is 5.41 Å². The van der Waals surface area contributed by atoms with Crippen molar-refractivity contribution >= 4 is 0 Å². The molecule has 2 unspecified atom stereocenters. The second-order valence-electron chi connectivity index (χ2n) is 5.20. The summed E-state index contributed by atoms with van der Waals surface area (Å²) in [5.41, 5.74) is 5.56. The Labute approximate surface area is 89.9 Å². The summed E-state index contributed by atoms with van der Waals surface area (Å²) < 4.78 is 5.51. The molecule has 0 aromatic rings. The van der Waals surface area contributed by atoms with Crippen LogP contribution in [0.2, 0.25) is 0 Å². The Balaban J connectivity index is 2.83. The molecule has 0 spiro atoms. The van der Waals surface area contributed by atoms with Crippen LogP contribution in [-0.4, -0.2) is 52.4 Å². The maximum Gasteiger partial charge on any atom is 0.110 e. The van der Waals surface area contributed by atoms with Gasteiger partial charge < -0.3 is 25.8 Å². The molecule has 0 bridgehead atoms. The Kier molecular flexibility index (Phi) is 3.73. The van der Waals surface area contributed by atoms with Crippen molar-refractivity contribution in [3.63, 3.8) is 0 Å². The molecule has 0 aromatic carbocycles. The molecule has 1 rings (SSSR count). The van der Waals surface area contributed by atoms with Gasteiger partial charge >= 0.3 is 0 Å². The van der Waals surface area contributed by atoms with Crippen molar-refractivity contribution < 1.29 is 20.1 Å². The summed E-state index contributed by atoms with van der Waals surface area (Å²) in [6, 6.07) is -0.636. The highest BCUT2D eigenvalue weighted by Gasteiger charge is 2.46. The molecule has 0 aliphatic carbocycles. The van der Waals surface area contributed by atoms with E-state index in [-0.39, 0.29) is 18.1 Å². The lowest BCUT2D eigenvalue weighted by molar-refractivity contribution is -0.211. The molecule has 0 saturated carbocycles. The Morgan fingerprint density at radius 2 is 1.73 bits per heavy atom. The SMILES string of the molecule is CC(C)(C)[C@H]1OC(CO)[C@@H](O)[C@H](O)C1N. The van der Waals surface area contributed by atoms with Crippen molar-refractivity contribution in [3.05, 3.63) is 0 Å². The smallest absolute Gasteiger partial charge is 0.110 e. The normalized spacial score (nSPS) is 43.0. The highest BCUT2D eigenvalue weighted by Crippen LogP contribution is 2.31. The van der Waals surface area contributed by atoms with Crippen LogP contribution >= 0.6 is 0 Å². The maximum atomic E-state index is 9.72. The summed E-state index contributed by atoms with van der Waals surface area (Å²) >= 11 is 0. The summed E-state index contributed by atoms with van der Waals surface area (Å²) in [4.78, 5) is 0. The van der Waals surface area contributed by atoms with Crippen molar-refractivity contribution in [1.82, 2.24) is 0 Å². The van der Waals surface area contributed by atoms with E-state index in [9.17, 15) is 10.2 Å². The zero-order valence-electron chi connectivity index (χ0n) is 9.42. The molecule has 1 saturated heterocycles. The van der Waals surface area contributed by atoms with E-state index in [1.807, 2.05) is 20.8 Å².